The van der Waals surface area contributed by atoms with Crippen molar-refractivity contribution in [3.05, 3.63) is 66.5 Å². The fraction of sp³-hybridized carbons (Fsp3) is 0.278. The molecule has 5 nitrogen and oxygen atoms in total. The minimum atomic E-state index is 0.661. The van der Waals surface area contributed by atoms with Gasteiger partial charge in [-0.1, -0.05) is 18.7 Å². The molecule has 0 fully saturated rings. The number of allylic oxidation sites excluding steroid dienone is 3. The van der Waals surface area contributed by atoms with Crippen LogP contribution in [0.2, 0.25) is 0 Å². The lowest BCUT2D eigenvalue weighted by Crippen LogP contribution is -2.16. The molecule has 0 radical (unpaired) electrons. The van der Waals surface area contributed by atoms with Gasteiger partial charge >= 0.3 is 0 Å². The quantitative estimate of drug-likeness (QED) is 0.351. The third-order valence-electron chi connectivity index (χ3n) is 3.04. The molecule has 5 heteroatoms. The number of nitrogens with zero attached hydrogens (tertiary/aromatic N) is 1. The zero-order valence-electron chi connectivity index (χ0n) is 13.9. The van der Waals surface area contributed by atoms with Gasteiger partial charge in [0.2, 0.25) is 0 Å². The largest absolute Gasteiger partial charge is 0.492 e. The van der Waals surface area contributed by atoms with Crippen LogP contribution in [0.15, 0.2) is 66.0 Å². The second-order valence-corrected chi connectivity index (χ2v) is 4.82. The van der Waals surface area contributed by atoms with Gasteiger partial charge in [-0.05, 0) is 49.2 Å². The number of likely N-dealkylation sites (N-methyl/N-ethyl adjacent to an activating group) is 1. The van der Waals surface area contributed by atoms with Gasteiger partial charge in [-0.3, -0.25) is 4.99 Å². The SMILES string of the molecule is C=C(/C=C/C(/C=C\N)=NC)NCc1ccc(OCCNC)cc1. The van der Waals surface area contributed by atoms with E-state index in [-0.39, 0.29) is 0 Å². The molecule has 0 bridgehead atoms. The first kappa shape index (κ1) is 18.5. The third kappa shape index (κ3) is 7.87. The maximum absolute atomic E-state index is 5.59. The Morgan fingerprint density at radius 2 is 2.00 bits per heavy atom. The van der Waals surface area contributed by atoms with Crippen LogP contribution in [0.4, 0.5) is 0 Å². The van der Waals surface area contributed by atoms with E-state index >= 15 is 0 Å². The summed E-state index contributed by atoms with van der Waals surface area (Å²) in [4.78, 5) is 4.08. The van der Waals surface area contributed by atoms with Crippen molar-refractivity contribution in [1.82, 2.24) is 10.6 Å². The highest BCUT2D eigenvalue weighted by Crippen LogP contribution is 2.12. The van der Waals surface area contributed by atoms with Crippen LogP contribution in [0.3, 0.4) is 0 Å². The Balaban J connectivity index is 2.42. The molecule has 4 N–H and O–H groups in total. The van der Waals surface area contributed by atoms with Crippen LogP contribution >= 0.6 is 0 Å². The maximum atomic E-state index is 5.59. The Hall–Kier alpha value is -2.53. The summed E-state index contributed by atoms with van der Waals surface area (Å²) < 4.78 is 5.59. The van der Waals surface area contributed by atoms with E-state index in [2.05, 4.69) is 22.2 Å². The third-order valence-corrected chi connectivity index (χ3v) is 3.04. The van der Waals surface area contributed by atoms with E-state index in [0.29, 0.717) is 13.2 Å². The van der Waals surface area contributed by atoms with E-state index in [1.54, 1.807) is 13.1 Å². The van der Waals surface area contributed by atoms with Crippen molar-refractivity contribution < 1.29 is 4.74 Å². The highest BCUT2D eigenvalue weighted by molar-refractivity contribution is 6.04. The van der Waals surface area contributed by atoms with Gasteiger partial charge in [0.15, 0.2) is 0 Å². The molecule has 0 saturated carbocycles. The van der Waals surface area contributed by atoms with Gasteiger partial charge in [0, 0.05) is 25.8 Å². The highest BCUT2D eigenvalue weighted by atomic mass is 16.5. The Bertz CT molecular complexity index is 559. The van der Waals surface area contributed by atoms with Crippen LogP contribution in [-0.4, -0.2) is 33.0 Å². The predicted octanol–water partition coefficient (Wildman–Crippen LogP) is 1.99. The molecule has 1 aromatic carbocycles. The van der Waals surface area contributed by atoms with Crippen molar-refractivity contribution in [2.45, 2.75) is 6.54 Å². The maximum Gasteiger partial charge on any atom is 0.119 e. The second-order valence-electron chi connectivity index (χ2n) is 4.82. The lowest BCUT2D eigenvalue weighted by molar-refractivity contribution is 0.318. The number of nitrogens with one attached hydrogen (secondary N) is 2. The number of nitrogens with two attached hydrogens (primary N) is 1. The molecule has 23 heavy (non-hydrogen) atoms. The molecule has 0 aromatic heterocycles. The van der Waals surface area contributed by atoms with Crippen molar-refractivity contribution in [2.75, 3.05) is 27.2 Å². The molecule has 124 valence electrons. The van der Waals surface area contributed by atoms with Crippen molar-refractivity contribution in [3.8, 4) is 5.75 Å². The molecular weight excluding hydrogens is 288 g/mol. The van der Waals surface area contributed by atoms with E-state index in [1.807, 2.05) is 43.5 Å². The summed E-state index contributed by atoms with van der Waals surface area (Å²) in [6.07, 6.45) is 6.93. The molecule has 0 aliphatic rings. The normalized spacial score (nSPS) is 12.0. The predicted molar refractivity (Wildman–Crippen MR) is 97.7 cm³/mol. The highest BCUT2D eigenvalue weighted by Gasteiger charge is 1.96. The molecular formula is C18H26N4O. The first-order valence-electron chi connectivity index (χ1n) is 7.52. The zero-order valence-corrected chi connectivity index (χ0v) is 13.9. The zero-order chi connectivity index (χ0) is 16.9. The number of hydrogen-bond donors (Lipinski definition) is 3. The van der Waals surface area contributed by atoms with Gasteiger partial charge in [-0.15, -0.1) is 0 Å². The van der Waals surface area contributed by atoms with Crippen LogP contribution < -0.4 is 21.1 Å². The molecule has 0 unspecified atom stereocenters. The van der Waals surface area contributed by atoms with E-state index in [1.165, 1.54) is 6.20 Å². The van der Waals surface area contributed by atoms with Crippen LogP contribution in [0.5, 0.6) is 5.75 Å². The summed E-state index contributed by atoms with van der Waals surface area (Å²) in [5, 5.41) is 6.29. The molecule has 0 spiro atoms. The van der Waals surface area contributed by atoms with Crippen molar-refractivity contribution >= 4 is 5.71 Å². The molecule has 0 atom stereocenters. The summed E-state index contributed by atoms with van der Waals surface area (Å²) in [5.41, 5.74) is 8.11. The monoisotopic (exact) mass is 314 g/mol. The lowest BCUT2D eigenvalue weighted by Gasteiger charge is -2.08. The van der Waals surface area contributed by atoms with Crippen LogP contribution in [0.25, 0.3) is 0 Å². The number of benzene rings is 1. The van der Waals surface area contributed by atoms with E-state index < -0.39 is 0 Å². The van der Waals surface area contributed by atoms with E-state index in [0.717, 1.165) is 29.3 Å². The molecule has 0 saturated heterocycles. The van der Waals surface area contributed by atoms with Crippen LogP contribution in [0.1, 0.15) is 5.56 Å². The van der Waals surface area contributed by atoms with Crippen molar-refractivity contribution in [1.29, 1.82) is 0 Å². The molecule has 0 heterocycles. The first-order valence-corrected chi connectivity index (χ1v) is 7.52. The van der Waals surface area contributed by atoms with Gasteiger partial charge in [-0.2, -0.15) is 0 Å². The Morgan fingerprint density at radius 1 is 1.26 bits per heavy atom. The van der Waals surface area contributed by atoms with Gasteiger partial charge < -0.3 is 21.1 Å². The average Bonchev–Trinajstić information content (AvgIpc) is 2.58. The standard InChI is InChI=1S/C18H26N4O/c1-15(4-7-17(21-3)10-11-19)22-14-16-5-8-18(9-6-16)23-13-12-20-2/h4-11,20,22H,1,12-14,19H2,2-3H3/b7-4+,11-10-,21-17?. The second kappa shape index (κ2) is 11.1. The molecule has 0 aliphatic heterocycles. The summed E-state index contributed by atoms with van der Waals surface area (Å²) in [5.74, 6) is 0.875. The number of ether oxygens (including phenoxy) is 1. The molecule has 1 rings (SSSR count). The fourth-order valence-corrected chi connectivity index (χ4v) is 1.74. The minimum Gasteiger partial charge on any atom is -0.492 e. The van der Waals surface area contributed by atoms with Crippen molar-refractivity contribution in [3.63, 3.8) is 0 Å². The fourth-order valence-electron chi connectivity index (χ4n) is 1.74. The minimum absolute atomic E-state index is 0.661. The smallest absolute Gasteiger partial charge is 0.119 e. The van der Waals surface area contributed by atoms with Crippen molar-refractivity contribution in [2.24, 2.45) is 10.7 Å². The lowest BCUT2D eigenvalue weighted by atomic mass is 10.2. The molecule has 1 aromatic rings. The van der Waals surface area contributed by atoms with Crippen LogP contribution in [0, 0.1) is 0 Å². The number of hydrogen-bond acceptors (Lipinski definition) is 5. The topological polar surface area (TPSA) is 71.7 Å². The first-order chi connectivity index (χ1) is 11.2. The number of rotatable bonds is 10. The van der Waals surface area contributed by atoms with E-state index in [9.17, 15) is 0 Å². The van der Waals surface area contributed by atoms with Gasteiger partial charge in [-0.25, -0.2) is 0 Å². The van der Waals surface area contributed by atoms with Crippen LogP contribution in [-0.2, 0) is 6.54 Å². The summed E-state index contributed by atoms with van der Waals surface area (Å²) in [6, 6.07) is 8.02. The Kier molecular flexibility index (Phi) is 8.93. The Labute approximate surface area is 138 Å². The molecule has 0 aliphatic carbocycles. The van der Waals surface area contributed by atoms with Gasteiger partial charge in [0.05, 0.1) is 5.71 Å². The molecule has 0 amide bonds. The number of aliphatic imine (C=N–C) groups is 1. The summed E-state index contributed by atoms with van der Waals surface area (Å²) in [6.45, 7) is 6.16. The van der Waals surface area contributed by atoms with Gasteiger partial charge in [0.1, 0.15) is 12.4 Å². The van der Waals surface area contributed by atoms with Gasteiger partial charge in [0.25, 0.3) is 0 Å². The van der Waals surface area contributed by atoms with E-state index in [4.69, 9.17) is 10.5 Å². The average molecular weight is 314 g/mol. The Morgan fingerprint density at radius 3 is 2.61 bits per heavy atom. The summed E-state index contributed by atoms with van der Waals surface area (Å²) >= 11 is 0. The summed E-state index contributed by atoms with van der Waals surface area (Å²) in [7, 11) is 3.62.